The van der Waals surface area contributed by atoms with E-state index in [2.05, 4.69) is 21.3 Å². The first-order chi connectivity index (χ1) is 14.3. The van der Waals surface area contributed by atoms with Gasteiger partial charge < -0.3 is 21.7 Å². The van der Waals surface area contributed by atoms with E-state index in [1.54, 1.807) is 48.5 Å². The number of anilines is 1. The van der Waals surface area contributed by atoms with E-state index >= 15 is 0 Å². The van der Waals surface area contributed by atoms with E-state index in [0.29, 0.717) is 21.3 Å². The van der Waals surface area contributed by atoms with Gasteiger partial charge in [-0.15, -0.1) is 11.8 Å². The molecule has 30 heavy (non-hydrogen) atoms. The fourth-order valence-electron chi connectivity index (χ4n) is 2.69. The number of thioether (sulfide) groups is 1. The second kappa shape index (κ2) is 10.1. The number of nitrogens with two attached hydrogens (primary N) is 1. The average Bonchev–Trinajstić information content (AvgIpc) is 2.69. The summed E-state index contributed by atoms with van der Waals surface area (Å²) in [7, 11) is 0. The fourth-order valence-corrected chi connectivity index (χ4v) is 3.85. The molecule has 8 nitrogen and oxygen atoms in total. The van der Waals surface area contributed by atoms with E-state index in [1.165, 1.54) is 0 Å². The van der Waals surface area contributed by atoms with Crippen molar-refractivity contribution in [1.29, 1.82) is 0 Å². The number of carbonyl (C=O) groups is 3. The van der Waals surface area contributed by atoms with E-state index in [0.717, 1.165) is 11.8 Å². The van der Waals surface area contributed by atoms with Gasteiger partial charge in [0.05, 0.1) is 11.9 Å². The van der Waals surface area contributed by atoms with Crippen LogP contribution in [0.1, 0.15) is 10.4 Å². The van der Waals surface area contributed by atoms with Crippen LogP contribution in [0.2, 0.25) is 10.0 Å². The molecule has 0 aromatic heterocycles. The minimum Gasteiger partial charge on any atom is -0.338 e. The predicted octanol–water partition coefficient (Wildman–Crippen LogP) is 1.75. The Labute approximate surface area is 187 Å². The van der Waals surface area contributed by atoms with E-state index in [9.17, 15) is 14.4 Å². The van der Waals surface area contributed by atoms with Crippen LogP contribution in [0.15, 0.2) is 48.5 Å². The van der Waals surface area contributed by atoms with Crippen molar-refractivity contribution in [3.8, 4) is 0 Å². The second-order valence-corrected chi connectivity index (χ2v) is 8.37. The van der Waals surface area contributed by atoms with E-state index < -0.39 is 29.5 Å². The van der Waals surface area contributed by atoms with E-state index in [1.807, 2.05) is 0 Å². The van der Waals surface area contributed by atoms with Crippen LogP contribution < -0.4 is 27.0 Å². The number of carbonyl (C=O) groups excluding carboxylic acids is 3. The van der Waals surface area contributed by atoms with E-state index in [-0.39, 0.29) is 11.7 Å². The van der Waals surface area contributed by atoms with Gasteiger partial charge in [-0.05, 0) is 42.5 Å². The molecule has 1 aliphatic heterocycles. The Balaban J connectivity index is 1.49. The Morgan fingerprint density at radius 1 is 1.10 bits per heavy atom. The number of halogens is 2. The summed E-state index contributed by atoms with van der Waals surface area (Å²) in [5, 5.41) is 12.0. The third-order valence-corrected chi connectivity index (χ3v) is 5.64. The minimum absolute atomic E-state index is 0.0684. The highest BCUT2D eigenvalue weighted by molar-refractivity contribution is 8.00. The highest BCUT2D eigenvalue weighted by Gasteiger charge is 2.35. The van der Waals surface area contributed by atoms with Crippen molar-refractivity contribution in [1.82, 2.24) is 16.0 Å². The molecule has 2 aromatic carbocycles. The van der Waals surface area contributed by atoms with Gasteiger partial charge in [-0.25, -0.2) is 0 Å². The van der Waals surface area contributed by atoms with Crippen LogP contribution >= 0.6 is 35.0 Å². The SMILES string of the molecule is NC1NC(SCC(=O)Nc2cccc(Cl)c2)NC(=O)C1NC(=O)c1ccc(Cl)cc1. The minimum atomic E-state index is -0.967. The molecule has 0 aliphatic carbocycles. The van der Waals surface area contributed by atoms with Crippen LogP contribution in [0.5, 0.6) is 0 Å². The van der Waals surface area contributed by atoms with Crippen LogP contribution in [0.4, 0.5) is 5.69 Å². The lowest BCUT2D eigenvalue weighted by Gasteiger charge is -2.35. The third kappa shape index (κ3) is 6.10. The van der Waals surface area contributed by atoms with Crippen LogP contribution in [-0.2, 0) is 9.59 Å². The van der Waals surface area contributed by atoms with Crippen molar-refractivity contribution in [3.63, 3.8) is 0 Å². The Morgan fingerprint density at radius 2 is 1.83 bits per heavy atom. The maximum atomic E-state index is 12.4. The summed E-state index contributed by atoms with van der Waals surface area (Å²) in [4.78, 5) is 36.8. The molecule has 158 valence electrons. The number of rotatable bonds is 6. The van der Waals surface area contributed by atoms with Gasteiger partial charge in [-0.2, -0.15) is 0 Å². The van der Waals surface area contributed by atoms with Gasteiger partial charge >= 0.3 is 0 Å². The van der Waals surface area contributed by atoms with Crippen molar-refractivity contribution in [2.45, 2.75) is 17.7 Å². The van der Waals surface area contributed by atoms with Gasteiger partial charge in [-0.1, -0.05) is 29.3 Å². The van der Waals surface area contributed by atoms with Crippen molar-refractivity contribution < 1.29 is 14.4 Å². The molecule has 0 bridgehead atoms. The van der Waals surface area contributed by atoms with Crippen LogP contribution in [0, 0.1) is 0 Å². The maximum Gasteiger partial charge on any atom is 0.252 e. The van der Waals surface area contributed by atoms with Gasteiger partial charge in [0.2, 0.25) is 11.8 Å². The molecule has 3 amide bonds. The summed E-state index contributed by atoms with van der Waals surface area (Å²) >= 11 is 12.9. The zero-order valence-electron chi connectivity index (χ0n) is 15.5. The Morgan fingerprint density at radius 3 is 2.50 bits per heavy atom. The zero-order valence-corrected chi connectivity index (χ0v) is 17.9. The molecule has 1 fully saturated rings. The van der Waals surface area contributed by atoms with Gasteiger partial charge in [0.15, 0.2) is 0 Å². The summed E-state index contributed by atoms with van der Waals surface area (Å²) in [6.45, 7) is 0. The first-order valence-corrected chi connectivity index (χ1v) is 10.7. The fraction of sp³-hybridized carbons (Fsp3) is 0.211. The Kier molecular flexibility index (Phi) is 7.57. The topological polar surface area (TPSA) is 125 Å². The number of nitrogens with one attached hydrogen (secondary N) is 4. The standard InChI is InChI=1S/C19H19Cl2N5O3S/c20-11-6-4-10(5-7-11)17(28)24-15-16(22)25-19(26-18(15)29)30-9-14(27)23-13-3-1-2-12(21)8-13/h1-8,15-16,19,25H,9,22H2,(H,23,27)(H,24,28)(H,26,29). The molecule has 0 radical (unpaired) electrons. The van der Waals surface area contributed by atoms with Gasteiger partial charge in [0.1, 0.15) is 11.5 Å². The predicted molar refractivity (Wildman–Crippen MR) is 118 cm³/mol. The Bertz CT molecular complexity index is 944. The smallest absolute Gasteiger partial charge is 0.252 e. The highest BCUT2D eigenvalue weighted by Crippen LogP contribution is 2.17. The van der Waals surface area contributed by atoms with Crippen LogP contribution in [-0.4, -0.2) is 41.2 Å². The number of benzene rings is 2. The average molecular weight is 468 g/mol. The lowest BCUT2D eigenvalue weighted by molar-refractivity contribution is -0.125. The van der Waals surface area contributed by atoms with Crippen molar-refractivity contribution in [2.75, 3.05) is 11.1 Å². The number of amides is 3. The summed E-state index contributed by atoms with van der Waals surface area (Å²) in [6.07, 6.45) is -0.830. The summed E-state index contributed by atoms with van der Waals surface area (Å²) in [6, 6.07) is 12.1. The van der Waals surface area contributed by atoms with E-state index in [4.69, 9.17) is 28.9 Å². The van der Waals surface area contributed by atoms with Gasteiger partial charge in [0, 0.05) is 21.3 Å². The highest BCUT2D eigenvalue weighted by atomic mass is 35.5. The first kappa shape index (κ1) is 22.4. The molecule has 0 saturated carbocycles. The molecule has 6 N–H and O–H groups in total. The van der Waals surface area contributed by atoms with Crippen molar-refractivity contribution in [3.05, 3.63) is 64.1 Å². The number of hydrogen-bond acceptors (Lipinski definition) is 6. The molecule has 1 heterocycles. The maximum absolute atomic E-state index is 12.4. The molecule has 3 rings (SSSR count). The van der Waals surface area contributed by atoms with Gasteiger partial charge in [0.25, 0.3) is 5.91 Å². The lowest BCUT2D eigenvalue weighted by atomic mass is 10.1. The molecule has 3 unspecified atom stereocenters. The quantitative estimate of drug-likeness (QED) is 0.440. The first-order valence-electron chi connectivity index (χ1n) is 8.87. The largest absolute Gasteiger partial charge is 0.338 e. The van der Waals surface area contributed by atoms with Gasteiger partial charge in [-0.3, -0.25) is 19.7 Å². The molecule has 3 atom stereocenters. The molecule has 1 aliphatic rings. The Hall–Kier alpha value is -2.30. The molecular formula is C19H19Cl2N5O3S. The molecule has 0 spiro atoms. The lowest BCUT2D eigenvalue weighted by Crippen LogP contribution is -2.70. The van der Waals surface area contributed by atoms with Crippen LogP contribution in [0.3, 0.4) is 0 Å². The molecule has 1 saturated heterocycles. The molecular weight excluding hydrogens is 449 g/mol. The second-order valence-electron chi connectivity index (χ2n) is 6.41. The monoisotopic (exact) mass is 467 g/mol. The zero-order chi connectivity index (χ0) is 21.7. The summed E-state index contributed by atoms with van der Waals surface area (Å²) in [5.74, 6) is -1.09. The summed E-state index contributed by atoms with van der Waals surface area (Å²) in [5.41, 5.74) is 6.37. The molecule has 2 aromatic rings. The normalized spacial score (nSPS) is 20.9. The van der Waals surface area contributed by atoms with Crippen LogP contribution in [0.25, 0.3) is 0 Å². The van der Waals surface area contributed by atoms with Crippen molar-refractivity contribution >= 4 is 58.4 Å². The molecule has 11 heteroatoms. The number of hydrogen-bond donors (Lipinski definition) is 5. The summed E-state index contributed by atoms with van der Waals surface area (Å²) < 4.78 is 0. The van der Waals surface area contributed by atoms with Crippen molar-refractivity contribution in [2.24, 2.45) is 5.73 Å². The third-order valence-electron chi connectivity index (χ3n) is 4.14.